The highest BCUT2D eigenvalue weighted by Gasteiger charge is 2.51. The van der Waals surface area contributed by atoms with Crippen LogP contribution in [0.5, 0.6) is 0 Å². The van der Waals surface area contributed by atoms with Gasteiger partial charge in [-0.25, -0.2) is 0 Å². The fourth-order valence-corrected chi connectivity index (χ4v) is 13.7. The van der Waals surface area contributed by atoms with Crippen LogP contribution in [0.1, 0.15) is 386 Å². The van der Waals surface area contributed by atoms with E-state index in [1.807, 2.05) is 6.08 Å². The molecule has 546 valence electrons. The third-order valence-electron chi connectivity index (χ3n) is 20.0. The van der Waals surface area contributed by atoms with Crippen LogP contribution >= 0.6 is 0 Å². The van der Waals surface area contributed by atoms with Gasteiger partial charge in [0.15, 0.2) is 12.6 Å². The van der Waals surface area contributed by atoms with Crippen molar-refractivity contribution >= 4 is 5.91 Å². The minimum Gasteiger partial charge on any atom is -0.394 e. The molecule has 0 radical (unpaired) electrons. The Labute approximate surface area is 565 Å². The second kappa shape index (κ2) is 63.2. The van der Waals surface area contributed by atoms with E-state index in [0.717, 1.165) is 44.9 Å². The number of amides is 1. The molecule has 14 heteroatoms. The van der Waals surface area contributed by atoms with Crippen molar-refractivity contribution in [1.82, 2.24) is 5.32 Å². The molecular weight excluding hydrogens is 1160 g/mol. The van der Waals surface area contributed by atoms with Gasteiger partial charge in [-0.05, 0) is 19.3 Å². The summed E-state index contributed by atoms with van der Waals surface area (Å²) < 4.78 is 22.9. The van der Waals surface area contributed by atoms with Gasteiger partial charge >= 0.3 is 0 Å². The molecular formula is C78H151NO13. The van der Waals surface area contributed by atoms with Crippen molar-refractivity contribution < 1.29 is 64.6 Å². The molecule has 0 aromatic rings. The molecule has 2 aliphatic heterocycles. The van der Waals surface area contributed by atoms with E-state index >= 15 is 0 Å². The molecule has 9 N–H and O–H groups in total. The van der Waals surface area contributed by atoms with Crippen LogP contribution in [0.25, 0.3) is 0 Å². The molecule has 0 aromatic carbocycles. The van der Waals surface area contributed by atoms with Crippen LogP contribution in [-0.4, -0.2) is 140 Å². The summed E-state index contributed by atoms with van der Waals surface area (Å²) in [6.07, 6.45) is 63.1. The smallest absolute Gasteiger partial charge is 0.220 e. The highest BCUT2D eigenvalue weighted by Crippen LogP contribution is 2.30. The average Bonchev–Trinajstić information content (AvgIpc) is 0.832. The topological polar surface area (TPSA) is 228 Å². The molecule has 2 saturated heterocycles. The van der Waals surface area contributed by atoms with Crippen LogP contribution in [0.4, 0.5) is 0 Å². The Morgan fingerprint density at radius 2 is 0.674 bits per heavy atom. The minimum atomic E-state index is -1.79. The first-order chi connectivity index (χ1) is 45.1. The van der Waals surface area contributed by atoms with E-state index in [1.165, 1.54) is 321 Å². The maximum atomic E-state index is 13.4. The quantitative estimate of drug-likeness (QED) is 0.0204. The zero-order chi connectivity index (χ0) is 66.6. The van der Waals surface area contributed by atoms with Crippen LogP contribution in [-0.2, 0) is 23.7 Å². The molecule has 2 fully saturated rings. The van der Waals surface area contributed by atoms with E-state index in [9.17, 15) is 45.6 Å². The molecule has 12 unspecified atom stereocenters. The van der Waals surface area contributed by atoms with Crippen molar-refractivity contribution in [2.75, 3.05) is 19.8 Å². The first-order valence-corrected chi connectivity index (χ1v) is 39.9. The second-order valence-corrected chi connectivity index (χ2v) is 28.6. The van der Waals surface area contributed by atoms with Crippen molar-refractivity contribution in [3.63, 3.8) is 0 Å². The number of hydrogen-bond acceptors (Lipinski definition) is 13. The van der Waals surface area contributed by atoms with Crippen molar-refractivity contribution in [3.05, 3.63) is 12.2 Å². The number of nitrogens with one attached hydrogen (secondary N) is 1. The van der Waals surface area contributed by atoms with Gasteiger partial charge in [0, 0.05) is 6.42 Å². The molecule has 0 aliphatic carbocycles. The summed E-state index contributed by atoms with van der Waals surface area (Å²) in [5, 5.41) is 87.6. The van der Waals surface area contributed by atoms with Crippen molar-refractivity contribution in [2.24, 2.45) is 0 Å². The highest BCUT2D eigenvalue weighted by molar-refractivity contribution is 5.76. The van der Waals surface area contributed by atoms with Gasteiger partial charge in [-0.1, -0.05) is 373 Å². The van der Waals surface area contributed by atoms with E-state index in [4.69, 9.17) is 18.9 Å². The Hall–Kier alpha value is -1.27. The predicted octanol–water partition coefficient (Wildman–Crippen LogP) is 17.7. The second-order valence-electron chi connectivity index (χ2n) is 28.6. The molecule has 1 amide bonds. The Morgan fingerprint density at radius 3 is 1.00 bits per heavy atom. The molecule has 2 rings (SSSR count). The molecule has 14 nitrogen and oxygen atoms in total. The molecule has 0 saturated carbocycles. The summed E-state index contributed by atoms with van der Waals surface area (Å²) in [5.74, 6) is -0.229. The Kier molecular flexibility index (Phi) is 59.6. The summed E-state index contributed by atoms with van der Waals surface area (Å²) >= 11 is 0. The van der Waals surface area contributed by atoms with E-state index < -0.39 is 86.8 Å². The van der Waals surface area contributed by atoms with Gasteiger partial charge in [0.2, 0.25) is 5.91 Å². The maximum absolute atomic E-state index is 13.4. The number of aliphatic hydroxyl groups is 8. The Bertz CT molecular complexity index is 1590. The SMILES string of the molecule is CCCCCCCCCCCCCCCCCCCC/C=C/C(O)C(COC1OC(CO)C(OC2OC(CO)C(O)C(O)C2O)C(O)C1O)NC(=O)CCCCCCCCCCCCCCCCCCCCCCCCCCCCCCCCCCCCCCCC. The Balaban J connectivity index is 1.56. The summed E-state index contributed by atoms with van der Waals surface area (Å²) in [6.45, 7) is 2.87. The summed E-state index contributed by atoms with van der Waals surface area (Å²) in [4.78, 5) is 13.4. The van der Waals surface area contributed by atoms with Gasteiger partial charge < -0.3 is 65.1 Å². The first kappa shape index (κ1) is 86.8. The lowest BCUT2D eigenvalue weighted by molar-refractivity contribution is -0.359. The lowest BCUT2D eigenvalue weighted by Crippen LogP contribution is -2.65. The number of aliphatic hydroxyl groups excluding tert-OH is 8. The van der Waals surface area contributed by atoms with Crippen LogP contribution in [0.2, 0.25) is 0 Å². The van der Waals surface area contributed by atoms with Gasteiger partial charge in [0.1, 0.15) is 48.8 Å². The van der Waals surface area contributed by atoms with Gasteiger partial charge in [-0.3, -0.25) is 4.79 Å². The largest absolute Gasteiger partial charge is 0.394 e. The average molecular weight is 1310 g/mol. The van der Waals surface area contributed by atoms with Crippen molar-refractivity contribution in [2.45, 2.75) is 460 Å². The van der Waals surface area contributed by atoms with Gasteiger partial charge in [-0.15, -0.1) is 0 Å². The number of rotatable bonds is 68. The molecule has 2 aliphatic rings. The highest BCUT2D eigenvalue weighted by atomic mass is 16.7. The number of unbranched alkanes of at least 4 members (excludes halogenated alkanes) is 55. The van der Waals surface area contributed by atoms with Crippen molar-refractivity contribution in [1.29, 1.82) is 0 Å². The summed E-state index contributed by atoms with van der Waals surface area (Å²) in [5.41, 5.74) is 0. The zero-order valence-electron chi connectivity index (χ0n) is 59.8. The van der Waals surface area contributed by atoms with Gasteiger partial charge in [0.25, 0.3) is 0 Å². The van der Waals surface area contributed by atoms with Gasteiger partial charge in [-0.2, -0.15) is 0 Å². The predicted molar refractivity (Wildman–Crippen MR) is 379 cm³/mol. The first-order valence-electron chi connectivity index (χ1n) is 39.9. The minimum absolute atomic E-state index is 0.229. The number of hydrogen-bond donors (Lipinski definition) is 9. The third-order valence-corrected chi connectivity index (χ3v) is 20.0. The molecule has 2 heterocycles. The Morgan fingerprint density at radius 1 is 0.380 bits per heavy atom. The van der Waals surface area contributed by atoms with Crippen LogP contribution in [0, 0.1) is 0 Å². The molecule has 0 aromatic heterocycles. The third kappa shape index (κ3) is 46.1. The maximum Gasteiger partial charge on any atom is 0.220 e. The fraction of sp³-hybridized carbons (Fsp3) is 0.962. The number of allylic oxidation sites excluding steroid dienone is 1. The zero-order valence-corrected chi connectivity index (χ0v) is 59.8. The van der Waals surface area contributed by atoms with E-state index in [2.05, 4.69) is 19.2 Å². The summed E-state index contributed by atoms with van der Waals surface area (Å²) in [6, 6.07) is -0.912. The van der Waals surface area contributed by atoms with Crippen LogP contribution < -0.4 is 5.32 Å². The lowest BCUT2D eigenvalue weighted by atomic mass is 9.97. The number of carbonyl (C=O) groups is 1. The number of ether oxygens (including phenoxy) is 4. The molecule has 92 heavy (non-hydrogen) atoms. The van der Waals surface area contributed by atoms with Crippen LogP contribution in [0.15, 0.2) is 12.2 Å². The van der Waals surface area contributed by atoms with E-state index in [0.29, 0.717) is 0 Å². The number of carbonyl (C=O) groups excluding carboxylic acids is 1. The molecule has 0 spiro atoms. The van der Waals surface area contributed by atoms with E-state index in [-0.39, 0.29) is 18.9 Å². The monoisotopic (exact) mass is 1310 g/mol. The van der Waals surface area contributed by atoms with Crippen LogP contribution in [0.3, 0.4) is 0 Å². The van der Waals surface area contributed by atoms with Crippen molar-refractivity contribution in [3.8, 4) is 0 Å². The van der Waals surface area contributed by atoms with E-state index in [1.54, 1.807) is 6.08 Å². The normalized spacial score (nSPS) is 22.6. The molecule has 12 atom stereocenters. The lowest BCUT2D eigenvalue weighted by Gasteiger charge is -2.46. The van der Waals surface area contributed by atoms with Gasteiger partial charge in [0.05, 0.1) is 32.0 Å². The molecule has 0 bridgehead atoms. The fourth-order valence-electron chi connectivity index (χ4n) is 13.7. The standard InChI is InChI=1S/C78H151NO13/c1-3-5-7-9-11-13-15-17-19-21-23-25-26-27-28-29-30-31-32-33-34-35-36-37-38-39-40-41-42-44-46-48-50-52-54-56-58-60-62-70(83)79-66(67(82)61-59-57-55-53-51-49-47-45-43-24-22-20-18-16-14-12-10-8-6-4-2)65-89-77-75(88)73(86)76(69(64-81)91-77)92-78-74(87)72(85)71(84)68(63-80)90-78/h59,61,66-69,71-78,80-82,84-88H,3-58,60,62-65H2,1-2H3,(H,79,83)/b61-59+. The summed E-state index contributed by atoms with van der Waals surface area (Å²) in [7, 11) is 0.